The van der Waals surface area contributed by atoms with Crippen LogP contribution in [0.15, 0.2) is 5.11 Å². The van der Waals surface area contributed by atoms with E-state index in [4.69, 9.17) is 5.53 Å². The Hall–Kier alpha value is -0.440. The second-order valence-electron chi connectivity index (χ2n) is 1.61. The van der Waals surface area contributed by atoms with Gasteiger partial charge in [0.05, 0.1) is 0 Å². The molecule has 0 rings (SSSR count). The highest BCUT2D eigenvalue weighted by atomic mass is 35.5. The molecule has 54 valence electrons. The highest BCUT2D eigenvalue weighted by Crippen LogP contribution is 1.84. The number of rotatable bonds is 3. The quantitative estimate of drug-likeness (QED) is 0.368. The Morgan fingerprint density at radius 1 is 1.78 bits per heavy atom. The zero-order chi connectivity index (χ0) is 6.41. The van der Waals surface area contributed by atoms with Crippen LogP contribution in [0.5, 0.6) is 0 Å². The Kier molecular flexibility index (Phi) is 9.55. The minimum atomic E-state index is 0. The van der Waals surface area contributed by atoms with E-state index in [0.717, 1.165) is 6.54 Å². The first-order valence-corrected chi connectivity index (χ1v) is 2.50. The van der Waals surface area contributed by atoms with Gasteiger partial charge in [-0.15, -0.1) is 12.4 Å². The zero-order valence-electron chi connectivity index (χ0n) is 5.53. The molecule has 0 aromatic rings. The molecule has 0 heterocycles. The first-order valence-electron chi connectivity index (χ1n) is 2.50. The van der Waals surface area contributed by atoms with Gasteiger partial charge in [-0.3, -0.25) is 0 Å². The topological polar surface area (TPSA) is 60.8 Å². The Morgan fingerprint density at radius 2 is 2.33 bits per heavy atom. The Labute approximate surface area is 60.7 Å². The van der Waals surface area contributed by atoms with Gasteiger partial charge < -0.3 is 5.32 Å². The molecule has 9 heavy (non-hydrogen) atoms. The van der Waals surface area contributed by atoms with Crippen LogP contribution in [0, 0.1) is 0 Å². The van der Waals surface area contributed by atoms with Crippen molar-refractivity contribution in [3.8, 4) is 0 Å². The third-order valence-corrected chi connectivity index (χ3v) is 0.748. The zero-order valence-corrected chi connectivity index (χ0v) is 6.35. The van der Waals surface area contributed by atoms with Crippen molar-refractivity contribution in [3.63, 3.8) is 0 Å². The van der Waals surface area contributed by atoms with Gasteiger partial charge >= 0.3 is 0 Å². The van der Waals surface area contributed by atoms with Crippen LogP contribution in [-0.2, 0) is 0 Å². The fraction of sp³-hybridized carbons (Fsp3) is 1.00. The van der Waals surface area contributed by atoms with E-state index in [1.165, 1.54) is 0 Å². The summed E-state index contributed by atoms with van der Waals surface area (Å²) in [5, 5.41) is 6.32. The summed E-state index contributed by atoms with van der Waals surface area (Å²) in [5.41, 5.74) is 7.89. The summed E-state index contributed by atoms with van der Waals surface area (Å²) in [6.07, 6.45) is 0. The van der Waals surface area contributed by atoms with Gasteiger partial charge in [0.2, 0.25) is 0 Å². The summed E-state index contributed by atoms with van der Waals surface area (Å²) >= 11 is 0. The lowest BCUT2D eigenvalue weighted by atomic mass is 10.4. The minimum Gasteiger partial charge on any atom is -0.319 e. The summed E-state index contributed by atoms with van der Waals surface area (Å²) in [4.78, 5) is 2.64. The van der Waals surface area contributed by atoms with Crippen LogP contribution < -0.4 is 5.32 Å². The molecule has 0 bridgehead atoms. The van der Waals surface area contributed by atoms with Crippen molar-refractivity contribution in [2.24, 2.45) is 5.11 Å². The molecule has 0 saturated carbocycles. The number of azide groups is 1. The molecule has 4 nitrogen and oxygen atoms in total. The van der Waals surface area contributed by atoms with E-state index in [9.17, 15) is 0 Å². The maximum Gasteiger partial charge on any atom is 0.0470 e. The number of hydrogen-bond acceptors (Lipinski definition) is 2. The second kappa shape index (κ2) is 7.56. The van der Waals surface area contributed by atoms with E-state index in [0.29, 0.717) is 0 Å². The molecule has 0 amide bonds. The summed E-state index contributed by atoms with van der Waals surface area (Å²) in [7, 11) is 1.82. The number of halogens is 1. The van der Waals surface area contributed by atoms with Crippen LogP contribution in [0.2, 0.25) is 0 Å². The van der Waals surface area contributed by atoms with Gasteiger partial charge in [0, 0.05) is 17.5 Å². The Balaban J connectivity index is 0. The summed E-state index contributed by atoms with van der Waals surface area (Å²) in [6.45, 7) is 2.60. The smallest absolute Gasteiger partial charge is 0.0470 e. The molecule has 1 N–H and O–H groups in total. The van der Waals surface area contributed by atoms with Gasteiger partial charge in [-0.1, -0.05) is 12.0 Å². The van der Waals surface area contributed by atoms with Gasteiger partial charge in [-0.25, -0.2) is 0 Å². The average molecular weight is 151 g/mol. The second-order valence-corrected chi connectivity index (χ2v) is 1.61. The summed E-state index contributed by atoms with van der Waals surface area (Å²) < 4.78 is 0. The molecule has 0 fully saturated rings. The molecule has 0 aromatic carbocycles. The van der Waals surface area contributed by atoms with E-state index in [2.05, 4.69) is 15.3 Å². The van der Waals surface area contributed by atoms with Crippen molar-refractivity contribution in [2.75, 3.05) is 13.6 Å². The Bertz CT molecular complexity index is 98.7. The third-order valence-electron chi connectivity index (χ3n) is 0.748. The van der Waals surface area contributed by atoms with Crippen molar-refractivity contribution in [3.05, 3.63) is 10.4 Å². The molecule has 1 atom stereocenters. The van der Waals surface area contributed by atoms with Crippen LogP contribution in [0.4, 0.5) is 0 Å². The molecule has 5 heteroatoms. The summed E-state index contributed by atoms with van der Waals surface area (Å²) in [5.74, 6) is 0. The fourth-order valence-electron chi connectivity index (χ4n) is 0.424. The molecule has 0 aliphatic heterocycles. The van der Waals surface area contributed by atoms with Gasteiger partial charge in [0.25, 0.3) is 0 Å². The fourth-order valence-corrected chi connectivity index (χ4v) is 0.424. The van der Waals surface area contributed by atoms with E-state index in [1.807, 2.05) is 14.0 Å². The van der Waals surface area contributed by atoms with Gasteiger partial charge in [-0.05, 0) is 12.6 Å². The monoisotopic (exact) mass is 150 g/mol. The first kappa shape index (κ1) is 11.4. The SMILES string of the molecule is CNCC(C)N=[N+]=[N-].Cl. The maximum absolute atomic E-state index is 7.89. The number of likely N-dealkylation sites (N-methyl/N-ethyl adjacent to an activating group) is 1. The number of nitrogens with zero attached hydrogens (tertiary/aromatic N) is 3. The highest BCUT2D eigenvalue weighted by molar-refractivity contribution is 5.85. The van der Waals surface area contributed by atoms with Crippen LogP contribution in [-0.4, -0.2) is 19.6 Å². The van der Waals surface area contributed by atoms with Crippen LogP contribution in [0.1, 0.15) is 6.92 Å². The van der Waals surface area contributed by atoms with E-state index in [1.54, 1.807) is 0 Å². The molecule has 0 saturated heterocycles. The lowest BCUT2D eigenvalue weighted by Crippen LogP contribution is -2.18. The van der Waals surface area contributed by atoms with Crippen molar-refractivity contribution in [1.82, 2.24) is 5.32 Å². The molecule has 1 unspecified atom stereocenters. The van der Waals surface area contributed by atoms with Crippen molar-refractivity contribution < 1.29 is 0 Å². The molecule has 0 radical (unpaired) electrons. The predicted molar refractivity (Wildman–Crippen MR) is 39.8 cm³/mol. The standard InChI is InChI=1S/C4H10N4.ClH/c1-4(3-6-2)7-8-5;/h4,6H,3H2,1-2H3;1H. The largest absolute Gasteiger partial charge is 0.319 e. The minimum absolute atomic E-state index is 0. The molecule has 0 aromatic heterocycles. The van der Waals surface area contributed by atoms with E-state index < -0.39 is 0 Å². The Morgan fingerprint density at radius 3 is 2.67 bits per heavy atom. The molecule has 0 aliphatic carbocycles. The maximum atomic E-state index is 7.89. The van der Waals surface area contributed by atoms with Gasteiger partial charge in [0.1, 0.15) is 0 Å². The van der Waals surface area contributed by atoms with Crippen LogP contribution in [0.25, 0.3) is 10.4 Å². The van der Waals surface area contributed by atoms with Crippen molar-refractivity contribution >= 4 is 12.4 Å². The van der Waals surface area contributed by atoms with Crippen molar-refractivity contribution in [2.45, 2.75) is 13.0 Å². The molecular formula is C4H11ClN4. The van der Waals surface area contributed by atoms with E-state index in [-0.39, 0.29) is 18.4 Å². The summed E-state index contributed by atoms with van der Waals surface area (Å²) in [6, 6.07) is 0.0602. The lowest BCUT2D eigenvalue weighted by Gasteiger charge is -1.98. The third kappa shape index (κ3) is 7.56. The number of nitrogens with one attached hydrogen (secondary N) is 1. The van der Waals surface area contributed by atoms with Crippen molar-refractivity contribution in [1.29, 1.82) is 0 Å². The first-order chi connectivity index (χ1) is 3.81. The molecule has 0 aliphatic rings. The number of hydrogen-bond donors (Lipinski definition) is 1. The van der Waals surface area contributed by atoms with Gasteiger partial charge in [-0.2, -0.15) is 0 Å². The molecule has 0 spiro atoms. The normalized spacial score (nSPS) is 10.9. The highest BCUT2D eigenvalue weighted by Gasteiger charge is 1.91. The predicted octanol–water partition coefficient (Wildman–Crippen LogP) is 1.33. The van der Waals surface area contributed by atoms with E-state index >= 15 is 0 Å². The van der Waals surface area contributed by atoms with Crippen LogP contribution in [0.3, 0.4) is 0 Å². The average Bonchev–Trinajstić information content (AvgIpc) is 1.68. The van der Waals surface area contributed by atoms with Crippen LogP contribution >= 0.6 is 12.4 Å². The lowest BCUT2D eigenvalue weighted by molar-refractivity contribution is 0.662. The van der Waals surface area contributed by atoms with Gasteiger partial charge in [0.15, 0.2) is 0 Å². The molecular weight excluding hydrogens is 140 g/mol.